The molecule has 7 heteroatoms. The number of aromatic nitrogens is 3. The molecule has 0 radical (unpaired) electrons. The number of nitrogens with one attached hydrogen (secondary N) is 1. The Bertz CT molecular complexity index is 406. The van der Waals surface area contributed by atoms with Crippen LogP contribution in [-0.2, 0) is 0 Å². The maximum Gasteiger partial charge on any atom is 0.243 e. The van der Waals surface area contributed by atoms with Crippen molar-refractivity contribution in [3.05, 3.63) is 0 Å². The SMILES string of the molecule is CCCCCN(c1nc(NN)nc(N(C)C)n1)C(C)C. The summed E-state index contributed by atoms with van der Waals surface area (Å²) in [7, 11) is 3.80. The van der Waals surface area contributed by atoms with E-state index in [0.717, 1.165) is 13.0 Å². The van der Waals surface area contributed by atoms with Crippen molar-refractivity contribution >= 4 is 17.8 Å². The van der Waals surface area contributed by atoms with E-state index in [0.29, 0.717) is 23.9 Å². The molecule has 0 saturated heterocycles. The molecule has 20 heavy (non-hydrogen) atoms. The zero-order valence-electron chi connectivity index (χ0n) is 13.2. The predicted molar refractivity (Wildman–Crippen MR) is 84.0 cm³/mol. The number of nitrogens with zero attached hydrogens (tertiary/aromatic N) is 5. The van der Waals surface area contributed by atoms with Crippen LogP contribution in [0.4, 0.5) is 17.8 Å². The van der Waals surface area contributed by atoms with Crippen molar-refractivity contribution in [3.63, 3.8) is 0 Å². The fraction of sp³-hybridized carbons (Fsp3) is 0.769. The third kappa shape index (κ3) is 4.48. The summed E-state index contributed by atoms with van der Waals surface area (Å²) in [5.41, 5.74) is 2.51. The highest BCUT2D eigenvalue weighted by Crippen LogP contribution is 2.17. The van der Waals surface area contributed by atoms with Crippen molar-refractivity contribution in [1.82, 2.24) is 15.0 Å². The van der Waals surface area contributed by atoms with Gasteiger partial charge in [0.1, 0.15) is 0 Å². The Labute approximate surface area is 121 Å². The lowest BCUT2D eigenvalue weighted by molar-refractivity contribution is 0.611. The summed E-state index contributed by atoms with van der Waals surface area (Å²) < 4.78 is 0. The molecule has 7 nitrogen and oxygen atoms in total. The fourth-order valence-corrected chi connectivity index (χ4v) is 1.87. The van der Waals surface area contributed by atoms with Crippen LogP contribution in [0, 0.1) is 0 Å². The molecule has 1 aromatic rings. The summed E-state index contributed by atoms with van der Waals surface area (Å²) in [6.45, 7) is 7.41. The largest absolute Gasteiger partial charge is 0.347 e. The van der Waals surface area contributed by atoms with Crippen LogP contribution in [0.25, 0.3) is 0 Å². The van der Waals surface area contributed by atoms with Gasteiger partial charge in [-0.15, -0.1) is 0 Å². The highest BCUT2D eigenvalue weighted by molar-refractivity contribution is 5.44. The monoisotopic (exact) mass is 281 g/mol. The van der Waals surface area contributed by atoms with Crippen LogP contribution in [0.15, 0.2) is 0 Å². The van der Waals surface area contributed by atoms with Gasteiger partial charge < -0.3 is 9.80 Å². The van der Waals surface area contributed by atoms with Crippen LogP contribution in [0.1, 0.15) is 40.0 Å². The average Bonchev–Trinajstić information content (AvgIpc) is 2.42. The van der Waals surface area contributed by atoms with E-state index in [-0.39, 0.29) is 0 Å². The van der Waals surface area contributed by atoms with E-state index in [1.54, 1.807) is 0 Å². The molecule has 0 bridgehead atoms. The van der Waals surface area contributed by atoms with Gasteiger partial charge >= 0.3 is 0 Å². The molecule has 0 aromatic carbocycles. The van der Waals surface area contributed by atoms with Crippen LogP contribution in [-0.4, -0.2) is 41.6 Å². The fourth-order valence-electron chi connectivity index (χ4n) is 1.87. The van der Waals surface area contributed by atoms with Crippen LogP contribution < -0.4 is 21.1 Å². The van der Waals surface area contributed by atoms with Gasteiger partial charge in [-0.1, -0.05) is 19.8 Å². The third-order valence-corrected chi connectivity index (χ3v) is 3.02. The number of hydrogen-bond acceptors (Lipinski definition) is 7. The van der Waals surface area contributed by atoms with Gasteiger partial charge in [-0.2, -0.15) is 15.0 Å². The average molecular weight is 281 g/mol. The lowest BCUT2D eigenvalue weighted by Crippen LogP contribution is -2.34. The van der Waals surface area contributed by atoms with E-state index in [4.69, 9.17) is 5.84 Å². The second-order valence-electron chi connectivity index (χ2n) is 5.29. The Morgan fingerprint density at radius 3 is 2.25 bits per heavy atom. The topological polar surface area (TPSA) is 83.2 Å². The highest BCUT2D eigenvalue weighted by atomic mass is 15.4. The molecule has 1 aromatic heterocycles. The molecule has 0 saturated carbocycles. The van der Waals surface area contributed by atoms with E-state index in [1.807, 2.05) is 19.0 Å². The quantitative estimate of drug-likeness (QED) is 0.425. The summed E-state index contributed by atoms with van der Waals surface area (Å²) in [6, 6.07) is 0.329. The van der Waals surface area contributed by atoms with Crippen LogP contribution >= 0.6 is 0 Å². The van der Waals surface area contributed by atoms with E-state index >= 15 is 0 Å². The maximum absolute atomic E-state index is 5.45. The number of nitrogens with two attached hydrogens (primary N) is 1. The van der Waals surface area contributed by atoms with Gasteiger partial charge in [-0.25, -0.2) is 5.84 Å². The normalized spacial score (nSPS) is 10.8. The first kappa shape index (κ1) is 16.4. The van der Waals surface area contributed by atoms with E-state index < -0.39 is 0 Å². The molecule has 114 valence electrons. The summed E-state index contributed by atoms with van der Waals surface area (Å²) in [4.78, 5) is 17.2. The first-order valence-electron chi connectivity index (χ1n) is 7.16. The van der Waals surface area contributed by atoms with Gasteiger partial charge in [-0.05, 0) is 20.3 Å². The number of rotatable bonds is 8. The Kier molecular flexibility index (Phi) is 6.44. The molecule has 0 spiro atoms. The minimum atomic E-state index is 0.329. The molecule has 0 aliphatic carbocycles. The van der Waals surface area contributed by atoms with E-state index in [2.05, 4.69) is 46.0 Å². The Morgan fingerprint density at radius 1 is 1.10 bits per heavy atom. The van der Waals surface area contributed by atoms with Crippen molar-refractivity contribution in [3.8, 4) is 0 Å². The lowest BCUT2D eigenvalue weighted by Gasteiger charge is -2.27. The number of nitrogen functional groups attached to an aromatic ring is 1. The van der Waals surface area contributed by atoms with Gasteiger partial charge in [0.2, 0.25) is 17.8 Å². The van der Waals surface area contributed by atoms with Gasteiger partial charge in [-0.3, -0.25) is 5.43 Å². The van der Waals surface area contributed by atoms with Crippen molar-refractivity contribution in [2.45, 2.75) is 46.1 Å². The molecule has 3 N–H and O–H groups in total. The Balaban J connectivity index is 3.02. The number of unbranched alkanes of at least 4 members (excludes halogenated alkanes) is 2. The summed E-state index contributed by atoms with van der Waals surface area (Å²) in [5.74, 6) is 7.10. The predicted octanol–water partition coefficient (Wildman–Crippen LogP) is 1.63. The van der Waals surface area contributed by atoms with Crippen LogP contribution in [0.2, 0.25) is 0 Å². The van der Waals surface area contributed by atoms with E-state index in [9.17, 15) is 0 Å². The molecule has 1 rings (SSSR count). The number of hydrazine groups is 1. The van der Waals surface area contributed by atoms with Crippen molar-refractivity contribution in [2.75, 3.05) is 35.9 Å². The molecule has 1 heterocycles. The number of hydrogen-bond donors (Lipinski definition) is 2. The molecular weight excluding hydrogens is 254 g/mol. The zero-order chi connectivity index (χ0) is 15.1. The molecular formula is C13H27N7. The second-order valence-corrected chi connectivity index (χ2v) is 5.29. The standard InChI is InChI=1S/C13H27N7/c1-6-7-8-9-20(10(2)3)13-16-11(18-14)15-12(17-13)19(4)5/h10H,6-9,14H2,1-5H3,(H,15,16,17,18). The second kappa shape index (κ2) is 7.84. The number of anilines is 3. The van der Waals surface area contributed by atoms with Gasteiger partial charge in [0.15, 0.2) is 0 Å². The lowest BCUT2D eigenvalue weighted by atomic mass is 10.2. The zero-order valence-corrected chi connectivity index (χ0v) is 13.2. The molecule has 0 aliphatic rings. The smallest absolute Gasteiger partial charge is 0.243 e. The third-order valence-electron chi connectivity index (χ3n) is 3.02. The molecule has 0 amide bonds. The molecule has 0 atom stereocenters. The molecule has 0 unspecified atom stereocenters. The van der Waals surface area contributed by atoms with Crippen LogP contribution in [0.3, 0.4) is 0 Å². The van der Waals surface area contributed by atoms with Gasteiger partial charge in [0.25, 0.3) is 0 Å². The van der Waals surface area contributed by atoms with Crippen LogP contribution in [0.5, 0.6) is 0 Å². The van der Waals surface area contributed by atoms with E-state index in [1.165, 1.54) is 12.8 Å². The first-order chi connectivity index (χ1) is 9.49. The maximum atomic E-state index is 5.45. The van der Waals surface area contributed by atoms with Crippen molar-refractivity contribution in [2.24, 2.45) is 5.84 Å². The van der Waals surface area contributed by atoms with Gasteiger partial charge in [0.05, 0.1) is 0 Å². The summed E-state index contributed by atoms with van der Waals surface area (Å²) >= 11 is 0. The van der Waals surface area contributed by atoms with Crippen molar-refractivity contribution in [1.29, 1.82) is 0 Å². The first-order valence-corrected chi connectivity index (χ1v) is 7.16. The minimum Gasteiger partial charge on any atom is -0.347 e. The van der Waals surface area contributed by atoms with Crippen molar-refractivity contribution < 1.29 is 0 Å². The Morgan fingerprint density at radius 2 is 1.75 bits per heavy atom. The molecule has 0 fully saturated rings. The summed E-state index contributed by atoms with van der Waals surface area (Å²) in [6.07, 6.45) is 3.53. The Hall–Kier alpha value is -1.63. The molecule has 0 aliphatic heterocycles. The minimum absolute atomic E-state index is 0.329. The van der Waals surface area contributed by atoms with Gasteiger partial charge in [0, 0.05) is 26.7 Å². The highest BCUT2D eigenvalue weighted by Gasteiger charge is 2.16. The summed E-state index contributed by atoms with van der Waals surface area (Å²) in [5, 5.41) is 0.